The normalized spacial score (nSPS) is 25.4. The summed E-state index contributed by atoms with van der Waals surface area (Å²) < 4.78 is 5.16. The Bertz CT molecular complexity index is 416. The zero-order valence-corrected chi connectivity index (χ0v) is 12.0. The van der Waals surface area contributed by atoms with Gasteiger partial charge in [0.1, 0.15) is 6.04 Å². The maximum Gasteiger partial charge on any atom is 0.325 e. The summed E-state index contributed by atoms with van der Waals surface area (Å²) in [4.78, 5) is 14.2. The van der Waals surface area contributed by atoms with E-state index >= 15 is 0 Å². The number of carbonyl (C=O) groups is 1. The van der Waals surface area contributed by atoms with Crippen LogP contribution in [0, 0.1) is 5.92 Å². The monoisotopic (exact) mass is 261 g/mol. The summed E-state index contributed by atoms with van der Waals surface area (Å²) in [7, 11) is 0. The van der Waals surface area contributed by atoms with Crippen molar-refractivity contribution in [3.05, 3.63) is 35.9 Å². The summed E-state index contributed by atoms with van der Waals surface area (Å²) in [5, 5.41) is 0. The average Bonchev–Trinajstić information content (AvgIpc) is 3.02. The van der Waals surface area contributed by atoms with Crippen LogP contribution < -0.4 is 0 Å². The van der Waals surface area contributed by atoms with E-state index < -0.39 is 0 Å². The third-order valence-corrected chi connectivity index (χ3v) is 3.51. The largest absolute Gasteiger partial charge is 0.465 e. The van der Waals surface area contributed by atoms with Gasteiger partial charge in [0, 0.05) is 12.6 Å². The van der Waals surface area contributed by atoms with Gasteiger partial charge in [0.25, 0.3) is 0 Å². The van der Waals surface area contributed by atoms with Crippen LogP contribution in [0.2, 0.25) is 0 Å². The number of ether oxygens (including phenoxy) is 1. The van der Waals surface area contributed by atoms with Crippen molar-refractivity contribution in [1.29, 1.82) is 0 Å². The zero-order chi connectivity index (χ0) is 13.8. The number of rotatable bonds is 6. The number of esters is 1. The molecule has 0 saturated carbocycles. The highest BCUT2D eigenvalue weighted by molar-refractivity contribution is 5.80. The third kappa shape index (κ3) is 3.57. The van der Waals surface area contributed by atoms with Gasteiger partial charge in [-0.1, -0.05) is 44.2 Å². The van der Waals surface area contributed by atoms with Crippen molar-refractivity contribution in [3.63, 3.8) is 0 Å². The van der Waals surface area contributed by atoms with Crippen LogP contribution in [0.3, 0.4) is 0 Å². The van der Waals surface area contributed by atoms with E-state index in [2.05, 4.69) is 30.9 Å². The minimum Gasteiger partial charge on any atom is -0.465 e. The van der Waals surface area contributed by atoms with Gasteiger partial charge in [-0.25, -0.2) is 0 Å². The number of nitrogens with zero attached hydrogens (tertiary/aromatic N) is 1. The lowest BCUT2D eigenvalue weighted by molar-refractivity contribution is -0.143. The first-order chi connectivity index (χ1) is 9.13. The summed E-state index contributed by atoms with van der Waals surface area (Å²) >= 11 is 0. The molecule has 0 N–H and O–H groups in total. The van der Waals surface area contributed by atoms with Gasteiger partial charge in [-0.2, -0.15) is 0 Å². The standard InChI is InChI=1S/C16H23NO2/c1-4-19-16(18)15-14(10-12(2)3)17(15)11-13-8-6-5-7-9-13/h5-9,12,14-15H,4,10-11H2,1-3H3. The van der Waals surface area contributed by atoms with Crippen LogP contribution in [0.5, 0.6) is 0 Å². The van der Waals surface area contributed by atoms with Crippen LogP contribution in [0.25, 0.3) is 0 Å². The maximum absolute atomic E-state index is 11.9. The number of hydrogen-bond donors (Lipinski definition) is 0. The number of carbonyl (C=O) groups excluding carboxylic acids is 1. The molecule has 3 unspecified atom stereocenters. The Kier molecular flexibility index (Phi) is 4.59. The van der Waals surface area contributed by atoms with Crippen molar-refractivity contribution in [2.75, 3.05) is 6.61 Å². The first-order valence-corrected chi connectivity index (χ1v) is 7.09. The molecule has 0 bridgehead atoms. The molecule has 104 valence electrons. The summed E-state index contributed by atoms with van der Waals surface area (Å²) in [6, 6.07) is 10.6. The molecule has 0 amide bonds. The second-order valence-corrected chi connectivity index (χ2v) is 5.55. The summed E-state index contributed by atoms with van der Waals surface area (Å²) in [6.07, 6.45) is 1.05. The fraction of sp³-hybridized carbons (Fsp3) is 0.562. The van der Waals surface area contributed by atoms with E-state index in [1.165, 1.54) is 5.56 Å². The van der Waals surface area contributed by atoms with E-state index in [4.69, 9.17) is 4.74 Å². The molecule has 0 spiro atoms. The van der Waals surface area contributed by atoms with E-state index in [1.54, 1.807) is 0 Å². The summed E-state index contributed by atoms with van der Waals surface area (Å²) in [5.41, 5.74) is 1.25. The molecule has 2 rings (SSSR count). The van der Waals surface area contributed by atoms with E-state index in [1.807, 2.05) is 25.1 Å². The highest BCUT2D eigenvalue weighted by atomic mass is 16.5. The first-order valence-electron chi connectivity index (χ1n) is 7.09. The van der Waals surface area contributed by atoms with Crippen LogP contribution in [0.15, 0.2) is 30.3 Å². The van der Waals surface area contributed by atoms with Gasteiger partial charge in [-0.15, -0.1) is 0 Å². The van der Waals surface area contributed by atoms with E-state index in [0.717, 1.165) is 13.0 Å². The van der Waals surface area contributed by atoms with Gasteiger partial charge in [0.2, 0.25) is 0 Å². The molecule has 0 radical (unpaired) electrons. The Morgan fingerprint density at radius 1 is 1.32 bits per heavy atom. The molecule has 1 aliphatic heterocycles. The van der Waals surface area contributed by atoms with E-state index in [0.29, 0.717) is 18.6 Å². The fourth-order valence-corrected chi connectivity index (χ4v) is 2.61. The minimum atomic E-state index is -0.0657. The van der Waals surface area contributed by atoms with Crippen molar-refractivity contribution in [2.45, 2.75) is 45.8 Å². The second kappa shape index (κ2) is 6.20. The molecule has 1 aliphatic rings. The quantitative estimate of drug-likeness (QED) is 0.582. The lowest BCUT2D eigenvalue weighted by atomic mass is 10.1. The molecule has 19 heavy (non-hydrogen) atoms. The van der Waals surface area contributed by atoms with Crippen molar-refractivity contribution in [1.82, 2.24) is 4.90 Å². The smallest absolute Gasteiger partial charge is 0.325 e. The number of benzene rings is 1. The highest BCUT2D eigenvalue weighted by Crippen LogP contribution is 2.36. The Hall–Kier alpha value is -1.35. The molecule has 1 fully saturated rings. The van der Waals surface area contributed by atoms with Crippen molar-refractivity contribution in [3.8, 4) is 0 Å². The molecular weight excluding hydrogens is 238 g/mol. The SMILES string of the molecule is CCOC(=O)C1C(CC(C)C)N1Cc1ccccc1. The lowest BCUT2D eigenvalue weighted by Gasteiger charge is -2.05. The molecule has 3 atom stereocenters. The molecule has 3 heteroatoms. The first kappa shape index (κ1) is 14.1. The van der Waals surface area contributed by atoms with E-state index in [9.17, 15) is 4.79 Å². The Balaban J connectivity index is 1.99. The van der Waals surface area contributed by atoms with Crippen LogP contribution in [0.4, 0.5) is 0 Å². The van der Waals surface area contributed by atoms with Gasteiger partial charge in [0.05, 0.1) is 6.61 Å². The Morgan fingerprint density at radius 3 is 2.58 bits per heavy atom. The van der Waals surface area contributed by atoms with Gasteiger partial charge in [-0.05, 0) is 24.8 Å². The van der Waals surface area contributed by atoms with Crippen molar-refractivity contribution >= 4 is 5.97 Å². The molecule has 1 saturated heterocycles. The topological polar surface area (TPSA) is 29.3 Å². The van der Waals surface area contributed by atoms with Crippen LogP contribution in [-0.4, -0.2) is 29.6 Å². The third-order valence-electron chi connectivity index (χ3n) is 3.51. The van der Waals surface area contributed by atoms with E-state index in [-0.39, 0.29) is 12.0 Å². The average molecular weight is 261 g/mol. The van der Waals surface area contributed by atoms with Crippen molar-refractivity contribution < 1.29 is 9.53 Å². The van der Waals surface area contributed by atoms with Crippen LogP contribution in [-0.2, 0) is 16.1 Å². The second-order valence-electron chi connectivity index (χ2n) is 5.55. The van der Waals surface area contributed by atoms with Crippen LogP contribution >= 0.6 is 0 Å². The highest BCUT2D eigenvalue weighted by Gasteiger charge is 2.52. The predicted molar refractivity (Wildman–Crippen MR) is 75.6 cm³/mol. The Labute approximate surface area is 115 Å². The molecule has 0 aromatic heterocycles. The lowest BCUT2D eigenvalue weighted by Crippen LogP contribution is -2.16. The Morgan fingerprint density at radius 2 is 2.00 bits per heavy atom. The maximum atomic E-state index is 11.9. The molecule has 3 nitrogen and oxygen atoms in total. The van der Waals surface area contributed by atoms with Crippen molar-refractivity contribution in [2.24, 2.45) is 5.92 Å². The zero-order valence-electron chi connectivity index (χ0n) is 12.0. The molecule has 1 heterocycles. The molecule has 0 aliphatic carbocycles. The molecular formula is C16H23NO2. The fourth-order valence-electron chi connectivity index (χ4n) is 2.61. The molecule has 1 aromatic rings. The predicted octanol–water partition coefficient (Wildman–Crippen LogP) is 2.85. The summed E-state index contributed by atoms with van der Waals surface area (Å²) in [5.74, 6) is 0.534. The minimum absolute atomic E-state index is 0.0393. The van der Waals surface area contributed by atoms with Gasteiger partial charge < -0.3 is 4.74 Å². The number of hydrogen-bond acceptors (Lipinski definition) is 3. The summed E-state index contributed by atoms with van der Waals surface area (Å²) in [6.45, 7) is 7.55. The van der Waals surface area contributed by atoms with Gasteiger partial charge in [-0.3, -0.25) is 9.69 Å². The van der Waals surface area contributed by atoms with Gasteiger partial charge >= 0.3 is 5.97 Å². The van der Waals surface area contributed by atoms with Crippen LogP contribution in [0.1, 0.15) is 32.8 Å². The molecule has 1 aromatic carbocycles. The van der Waals surface area contributed by atoms with Gasteiger partial charge in [0.15, 0.2) is 0 Å².